The standard InChI is InChI=1S/C21H21F4I/c22-20-13-15(2-1-14-3-10-18(26)11-4-14)5-12-19(20)16-6-8-17(9-7-16)21(23,24)25/h5-9,12-14,18H,1-4,10-11H2. The largest absolute Gasteiger partial charge is 0.416 e. The van der Waals surface area contributed by atoms with Crippen LogP contribution in [0.4, 0.5) is 17.6 Å². The monoisotopic (exact) mass is 476 g/mol. The molecule has 0 radical (unpaired) electrons. The van der Waals surface area contributed by atoms with Gasteiger partial charge in [0.15, 0.2) is 0 Å². The van der Waals surface area contributed by atoms with Crippen molar-refractivity contribution in [2.24, 2.45) is 5.92 Å². The molecule has 0 saturated heterocycles. The molecule has 1 fully saturated rings. The summed E-state index contributed by atoms with van der Waals surface area (Å²) in [5.41, 5.74) is 1.03. The smallest absolute Gasteiger partial charge is 0.206 e. The van der Waals surface area contributed by atoms with E-state index in [1.54, 1.807) is 6.07 Å². The number of alkyl halides is 4. The van der Waals surface area contributed by atoms with Crippen molar-refractivity contribution in [3.05, 3.63) is 59.4 Å². The van der Waals surface area contributed by atoms with Crippen molar-refractivity contribution < 1.29 is 17.6 Å². The molecule has 0 heterocycles. The molecule has 0 aliphatic heterocycles. The third-order valence-electron chi connectivity index (χ3n) is 5.17. The van der Waals surface area contributed by atoms with E-state index in [9.17, 15) is 17.6 Å². The van der Waals surface area contributed by atoms with Gasteiger partial charge in [0.1, 0.15) is 5.82 Å². The lowest BCUT2D eigenvalue weighted by molar-refractivity contribution is -0.137. The average molecular weight is 476 g/mol. The molecule has 5 heteroatoms. The van der Waals surface area contributed by atoms with Crippen LogP contribution >= 0.6 is 22.6 Å². The van der Waals surface area contributed by atoms with Gasteiger partial charge in [-0.2, -0.15) is 13.2 Å². The summed E-state index contributed by atoms with van der Waals surface area (Å²) in [6.07, 6.45) is 2.58. The Labute approximate surface area is 165 Å². The van der Waals surface area contributed by atoms with Gasteiger partial charge in [-0.05, 0) is 73.8 Å². The Kier molecular flexibility index (Phi) is 6.25. The van der Waals surface area contributed by atoms with Crippen LogP contribution in [0.25, 0.3) is 11.1 Å². The highest BCUT2D eigenvalue weighted by Crippen LogP contribution is 2.33. The SMILES string of the molecule is Fc1cc(CCC2CCC(I)CC2)ccc1-c1ccc(C(F)(F)F)cc1. The highest BCUT2D eigenvalue weighted by molar-refractivity contribution is 14.1. The summed E-state index contributed by atoms with van der Waals surface area (Å²) in [6.45, 7) is 0. The van der Waals surface area contributed by atoms with E-state index in [1.165, 1.54) is 43.9 Å². The van der Waals surface area contributed by atoms with Crippen molar-refractivity contribution >= 4 is 22.6 Å². The topological polar surface area (TPSA) is 0 Å². The summed E-state index contributed by atoms with van der Waals surface area (Å²) in [5.74, 6) is 0.344. The lowest BCUT2D eigenvalue weighted by Gasteiger charge is -2.25. The molecule has 1 aliphatic rings. The van der Waals surface area contributed by atoms with E-state index in [2.05, 4.69) is 22.6 Å². The molecule has 0 atom stereocenters. The van der Waals surface area contributed by atoms with Gasteiger partial charge in [0.25, 0.3) is 0 Å². The molecular weight excluding hydrogens is 455 g/mol. The molecule has 140 valence electrons. The molecule has 0 unspecified atom stereocenters. The molecule has 1 aliphatic carbocycles. The maximum Gasteiger partial charge on any atom is 0.416 e. The second kappa shape index (κ2) is 8.28. The van der Waals surface area contributed by atoms with Crippen LogP contribution in [0.3, 0.4) is 0 Å². The third kappa shape index (κ3) is 4.99. The molecule has 0 aromatic heterocycles. The van der Waals surface area contributed by atoms with Gasteiger partial charge in [-0.3, -0.25) is 0 Å². The van der Waals surface area contributed by atoms with Crippen molar-refractivity contribution in [3.63, 3.8) is 0 Å². The van der Waals surface area contributed by atoms with E-state index in [4.69, 9.17) is 0 Å². The Hall–Kier alpha value is -1.11. The van der Waals surface area contributed by atoms with E-state index in [0.717, 1.165) is 40.4 Å². The van der Waals surface area contributed by atoms with Crippen LogP contribution in [0.2, 0.25) is 0 Å². The summed E-state index contributed by atoms with van der Waals surface area (Å²) in [6, 6.07) is 9.72. The molecule has 0 N–H and O–H groups in total. The van der Waals surface area contributed by atoms with Gasteiger partial charge in [-0.1, -0.05) is 46.9 Å². The molecule has 3 rings (SSSR count). The summed E-state index contributed by atoms with van der Waals surface area (Å²) >= 11 is 2.51. The quantitative estimate of drug-likeness (QED) is 0.245. The Morgan fingerprint density at radius 2 is 1.58 bits per heavy atom. The van der Waals surface area contributed by atoms with Crippen LogP contribution in [0.15, 0.2) is 42.5 Å². The lowest BCUT2D eigenvalue weighted by atomic mass is 9.85. The van der Waals surface area contributed by atoms with Crippen LogP contribution in [0, 0.1) is 11.7 Å². The highest BCUT2D eigenvalue weighted by Gasteiger charge is 2.30. The summed E-state index contributed by atoms with van der Waals surface area (Å²) < 4.78 is 53.2. The third-order valence-corrected chi connectivity index (χ3v) is 6.42. The Morgan fingerprint density at radius 1 is 0.923 bits per heavy atom. The fraction of sp³-hybridized carbons (Fsp3) is 0.429. The van der Waals surface area contributed by atoms with E-state index < -0.39 is 11.7 Å². The Bertz CT molecular complexity index is 729. The minimum atomic E-state index is -4.38. The summed E-state index contributed by atoms with van der Waals surface area (Å²) in [7, 11) is 0. The molecular formula is C21H21F4I. The fourth-order valence-corrected chi connectivity index (χ4v) is 4.29. The van der Waals surface area contributed by atoms with Crippen molar-refractivity contribution in [1.82, 2.24) is 0 Å². The lowest BCUT2D eigenvalue weighted by Crippen LogP contribution is -2.14. The molecule has 1 saturated carbocycles. The second-order valence-corrected chi connectivity index (χ2v) is 8.81. The average Bonchev–Trinajstić information content (AvgIpc) is 2.61. The van der Waals surface area contributed by atoms with Crippen molar-refractivity contribution in [1.29, 1.82) is 0 Å². The number of hydrogen-bond donors (Lipinski definition) is 0. The van der Waals surface area contributed by atoms with Gasteiger partial charge in [0.05, 0.1) is 5.56 Å². The van der Waals surface area contributed by atoms with Crippen LogP contribution in [-0.4, -0.2) is 3.92 Å². The predicted molar refractivity (Wildman–Crippen MR) is 105 cm³/mol. The van der Waals surface area contributed by atoms with Crippen molar-refractivity contribution in [2.75, 3.05) is 0 Å². The number of hydrogen-bond acceptors (Lipinski definition) is 0. The molecule has 2 aromatic rings. The van der Waals surface area contributed by atoms with Crippen LogP contribution < -0.4 is 0 Å². The van der Waals surface area contributed by atoms with Gasteiger partial charge in [0, 0.05) is 9.49 Å². The van der Waals surface area contributed by atoms with Crippen LogP contribution in [0.5, 0.6) is 0 Å². The van der Waals surface area contributed by atoms with E-state index in [1.807, 2.05) is 6.07 Å². The zero-order chi connectivity index (χ0) is 18.7. The fourth-order valence-electron chi connectivity index (χ4n) is 3.57. The molecule has 0 spiro atoms. The molecule has 2 aromatic carbocycles. The first-order chi connectivity index (χ1) is 12.3. The van der Waals surface area contributed by atoms with E-state index in [-0.39, 0.29) is 5.82 Å². The van der Waals surface area contributed by atoms with Gasteiger partial charge in [-0.25, -0.2) is 4.39 Å². The predicted octanol–water partition coefficient (Wildman–Crippen LogP) is 7.44. The summed E-state index contributed by atoms with van der Waals surface area (Å²) in [5, 5.41) is 0. The first kappa shape index (κ1) is 19.6. The normalized spacial score (nSPS) is 21.0. The van der Waals surface area contributed by atoms with Crippen molar-refractivity contribution in [2.45, 2.75) is 48.6 Å². The number of rotatable bonds is 4. The minimum absolute atomic E-state index is 0.341. The van der Waals surface area contributed by atoms with Crippen molar-refractivity contribution in [3.8, 4) is 11.1 Å². The highest BCUT2D eigenvalue weighted by atomic mass is 127. The van der Waals surface area contributed by atoms with Gasteiger partial charge in [-0.15, -0.1) is 0 Å². The first-order valence-electron chi connectivity index (χ1n) is 8.93. The zero-order valence-corrected chi connectivity index (χ0v) is 16.5. The maximum atomic E-state index is 14.5. The number of aryl methyl sites for hydroxylation is 1. The molecule has 0 nitrogen and oxygen atoms in total. The molecule has 0 bridgehead atoms. The van der Waals surface area contributed by atoms with E-state index >= 15 is 0 Å². The minimum Gasteiger partial charge on any atom is -0.206 e. The van der Waals surface area contributed by atoms with E-state index in [0.29, 0.717) is 11.1 Å². The van der Waals surface area contributed by atoms with Crippen LogP contribution in [0.1, 0.15) is 43.2 Å². The Morgan fingerprint density at radius 3 is 2.15 bits per heavy atom. The number of benzene rings is 2. The van der Waals surface area contributed by atoms with Gasteiger partial charge < -0.3 is 0 Å². The second-order valence-electron chi connectivity index (χ2n) is 7.05. The molecule has 26 heavy (non-hydrogen) atoms. The first-order valence-corrected chi connectivity index (χ1v) is 10.2. The Balaban J connectivity index is 1.65. The zero-order valence-electron chi connectivity index (χ0n) is 14.3. The number of halogens is 5. The summed E-state index contributed by atoms with van der Waals surface area (Å²) in [4.78, 5) is 0. The van der Waals surface area contributed by atoms with Gasteiger partial charge in [0.2, 0.25) is 0 Å². The van der Waals surface area contributed by atoms with Crippen LogP contribution in [-0.2, 0) is 12.6 Å². The van der Waals surface area contributed by atoms with Gasteiger partial charge >= 0.3 is 6.18 Å². The maximum absolute atomic E-state index is 14.5. The molecule has 0 amide bonds.